The Balaban J connectivity index is 1.83. The maximum atomic E-state index is 13.1. The van der Waals surface area contributed by atoms with Crippen molar-refractivity contribution in [1.29, 1.82) is 0 Å². The van der Waals surface area contributed by atoms with Crippen LogP contribution in [0, 0.1) is 0 Å². The molecule has 2 aromatic carbocycles. The average Bonchev–Trinajstić information content (AvgIpc) is 3.18. The van der Waals surface area contributed by atoms with E-state index in [1.54, 1.807) is 42.5 Å². The number of sulfonamides is 1. The molecule has 0 spiro atoms. The molecule has 3 rings (SSSR count). The van der Waals surface area contributed by atoms with Crippen molar-refractivity contribution in [3.63, 3.8) is 0 Å². The minimum atomic E-state index is -3.88. The second-order valence-electron chi connectivity index (χ2n) is 6.24. The number of ether oxygens (including phenoxy) is 1. The van der Waals surface area contributed by atoms with Crippen LogP contribution in [0.5, 0.6) is 0 Å². The summed E-state index contributed by atoms with van der Waals surface area (Å²) in [7, 11) is -3.88. The first-order chi connectivity index (χ1) is 13.0. The minimum absolute atomic E-state index is 0.000926. The molecule has 144 valence electrons. The van der Waals surface area contributed by atoms with E-state index in [2.05, 4.69) is 21.2 Å². The highest BCUT2D eigenvalue weighted by Gasteiger charge is 2.27. The summed E-state index contributed by atoms with van der Waals surface area (Å²) < 4.78 is 33.6. The van der Waals surface area contributed by atoms with Gasteiger partial charge in [-0.3, -0.25) is 9.10 Å². The van der Waals surface area contributed by atoms with Crippen LogP contribution in [0.15, 0.2) is 64.0 Å². The maximum absolute atomic E-state index is 13.1. The van der Waals surface area contributed by atoms with Crippen LogP contribution in [-0.2, 0) is 19.6 Å². The number of carbonyl (C=O) groups is 1. The minimum Gasteiger partial charge on any atom is -0.376 e. The van der Waals surface area contributed by atoms with Gasteiger partial charge in [0.1, 0.15) is 6.54 Å². The summed E-state index contributed by atoms with van der Waals surface area (Å²) in [6.45, 7) is 0.782. The summed E-state index contributed by atoms with van der Waals surface area (Å²) in [5.74, 6) is -0.370. The molecule has 1 fully saturated rings. The number of benzene rings is 2. The van der Waals surface area contributed by atoms with Gasteiger partial charge < -0.3 is 10.1 Å². The Labute approximate surface area is 167 Å². The Morgan fingerprint density at radius 3 is 2.63 bits per heavy atom. The molecule has 8 heteroatoms. The van der Waals surface area contributed by atoms with Crippen molar-refractivity contribution in [2.24, 2.45) is 0 Å². The molecule has 0 bridgehead atoms. The Kier molecular flexibility index (Phi) is 6.51. The molecule has 0 saturated carbocycles. The van der Waals surface area contributed by atoms with Gasteiger partial charge >= 0.3 is 0 Å². The van der Waals surface area contributed by atoms with E-state index in [0.29, 0.717) is 18.8 Å². The van der Waals surface area contributed by atoms with Crippen molar-refractivity contribution >= 4 is 37.5 Å². The Morgan fingerprint density at radius 1 is 1.19 bits per heavy atom. The Hall–Kier alpha value is -1.90. The van der Waals surface area contributed by atoms with Crippen LogP contribution < -0.4 is 9.62 Å². The average molecular weight is 453 g/mol. The topological polar surface area (TPSA) is 75.7 Å². The van der Waals surface area contributed by atoms with E-state index < -0.39 is 10.0 Å². The lowest BCUT2D eigenvalue weighted by Crippen LogP contribution is -2.42. The molecule has 1 heterocycles. The number of nitrogens with zero attached hydrogens (tertiary/aromatic N) is 1. The smallest absolute Gasteiger partial charge is 0.264 e. The number of halogens is 1. The lowest BCUT2D eigenvalue weighted by molar-refractivity contribution is -0.120. The summed E-state index contributed by atoms with van der Waals surface area (Å²) in [6.07, 6.45) is 1.88. The molecule has 2 aromatic rings. The molecule has 1 N–H and O–H groups in total. The summed E-state index contributed by atoms with van der Waals surface area (Å²) in [4.78, 5) is 12.6. The number of nitrogens with one attached hydrogen (secondary N) is 1. The second kappa shape index (κ2) is 8.86. The van der Waals surface area contributed by atoms with E-state index in [4.69, 9.17) is 4.74 Å². The fourth-order valence-electron chi connectivity index (χ4n) is 2.89. The third kappa shape index (κ3) is 5.09. The number of amides is 1. The highest BCUT2D eigenvalue weighted by molar-refractivity contribution is 9.10. The molecular formula is C19H21BrN2O4S. The van der Waals surface area contributed by atoms with Crippen LogP contribution in [0.1, 0.15) is 12.8 Å². The van der Waals surface area contributed by atoms with Crippen molar-refractivity contribution in [2.75, 3.05) is 24.0 Å². The third-order valence-electron chi connectivity index (χ3n) is 4.27. The van der Waals surface area contributed by atoms with E-state index in [9.17, 15) is 13.2 Å². The van der Waals surface area contributed by atoms with Gasteiger partial charge in [0.2, 0.25) is 5.91 Å². The third-order valence-corrected chi connectivity index (χ3v) is 6.55. The fourth-order valence-corrected chi connectivity index (χ4v) is 4.71. The summed E-state index contributed by atoms with van der Waals surface area (Å²) >= 11 is 3.36. The van der Waals surface area contributed by atoms with Crippen LogP contribution in [0.2, 0.25) is 0 Å². The molecule has 0 unspecified atom stereocenters. The zero-order valence-electron chi connectivity index (χ0n) is 14.7. The first-order valence-electron chi connectivity index (χ1n) is 8.68. The molecular weight excluding hydrogens is 432 g/mol. The fraction of sp³-hybridized carbons (Fsp3) is 0.316. The zero-order chi connectivity index (χ0) is 19.3. The van der Waals surface area contributed by atoms with Gasteiger partial charge in [-0.1, -0.05) is 40.2 Å². The molecule has 1 saturated heterocycles. The van der Waals surface area contributed by atoms with E-state index in [0.717, 1.165) is 21.6 Å². The normalized spacial score (nSPS) is 16.9. The van der Waals surface area contributed by atoms with Gasteiger partial charge in [0.25, 0.3) is 10.0 Å². The number of carbonyl (C=O) groups excluding carboxylic acids is 1. The Bertz CT molecular complexity index is 884. The van der Waals surface area contributed by atoms with E-state index in [-0.39, 0.29) is 23.5 Å². The van der Waals surface area contributed by atoms with Gasteiger partial charge in [-0.15, -0.1) is 0 Å². The molecule has 6 nitrogen and oxygen atoms in total. The predicted octanol–water partition coefficient (Wildman–Crippen LogP) is 2.94. The first-order valence-corrected chi connectivity index (χ1v) is 10.9. The molecule has 1 aliphatic rings. The summed E-state index contributed by atoms with van der Waals surface area (Å²) in [5, 5.41) is 2.78. The summed E-state index contributed by atoms with van der Waals surface area (Å²) in [5.41, 5.74) is 0.417. The van der Waals surface area contributed by atoms with Crippen LogP contribution in [0.4, 0.5) is 5.69 Å². The lowest BCUT2D eigenvalue weighted by Gasteiger charge is -2.24. The van der Waals surface area contributed by atoms with Crippen LogP contribution in [0.3, 0.4) is 0 Å². The number of rotatable bonds is 7. The van der Waals surface area contributed by atoms with Crippen molar-refractivity contribution in [3.05, 3.63) is 59.1 Å². The predicted molar refractivity (Wildman–Crippen MR) is 107 cm³/mol. The molecule has 0 aromatic heterocycles. The maximum Gasteiger partial charge on any atom is 0.264 e. The van der Waals surface area contributed by atoms with Gasteiger partial charge in [-0.2, -0.15) is 0 Å². The molecule has 0 radical (unpaired) electrons. The van der Waals surface area contributed by atoms with Gasteiger partial charge in [0.15, 0.2) is 0 Å². The largest absolute Gasteiger partial charge is 0.376 e. The molecule has 1 aliphatic heterocycles. The van der Waals surface area contributed by atoms with Crippen LogP contribution in [-0.4, -0.2) is 40.1 Å². The highest BCUT2D eigenvalue weighted by atomic mass is 79.9. The molecule has 27 heavy (non-hydrogen) atoms. The standard InChI is InChI=1S/C19H21BrN2O4S/c20-15-6-4-7-16(12-15)22(27(24,25)18-9-2-1-3-10-18)14-19(23)21-13-17-8-5-11-26-17/h1-4,6-7,9-10,12,17H,5,8,11,13-14H2,(H,21,23)/t17-/m0/s1. The molecule has 1 amide bonds. The van der Waals surface area contributed by atoms with Gasteiger partial charge in [-0.25, -0.2) is 8.42 Å². The van der Waals surface area contributed by atoms with Crippen molar-refractivity contribution in [3.8, 4) is 0 Å². The van der Waals surface area contributed by atoms with Crippen molar-refractivity contribution < 1.29 is 17.9 Å². The first kappa shape index (κ1) is 19.9. The second-order valence-corrected chi connectivity index (χ2v) is 9.02. The molecule has 1 atom stereocenters. The zero-order valence-corrected chi connectivity index (χ0v) is 17.1. The number of hydrogen-bond acceptors (Lipinski definition) is 4. The van der Waals surface area contributed by atoms with Crippen molar-refractivity contribution in [1.82, 2.24) is 5.32 Å². The van der Waals surface area contributed by atoms with E-state index in [1.807, 2.05) is 0 Å². The highest BCUT2D eigenvalue weighted by Crippen LogP contribution is 2.26. The van der Waals surface area contributed by atoms with E-state index in [1.165, 1.54) is 12.1 Å². The van der Waals surface area contributed by atoms with Crippen LogP contribution in [0.25, 0.3) is 0 Å². The summed E-state index contributed by atoms with van der Waals surface area (Å²) in [6, 6.07) is 15.0. The van der Waals surface area contributed by atoms with Gasteiger partial charge in [0.05, 0.1) is 16.7 Å². The van der Waals surface area contributed by atoms with Gasteiger partial charge in [0, 0.05) is 17.6 Å². The van der Waals surface area contributed by atoms with E-state index >= 15 is 0 Å². The van der Waals surface area contributed by atoms with Gasteiger partial charge in [-0.05, 0) is 43.2 Å². The number of hydrogen-bond donors (Lipinski definition) is 1. The quantitative estimate of drug-likeness (QED) is 0.700. The SMILES string of the molecule is O=C(CN(c1cccc(Br)c1)S(=O)(=O)c1ccccc1)NC[C@@H]1CCCO1. The van der Waals surface area contributed by atoms with Crippen LogP contribution >= 0.6 is 15.9 Å². The lowest BCUT2D eigenvalue weighted by atomic mass is 10.2. The number of anilines is 1. The monoisotopic (exact) mass is 452 g/mol. The Morgan fingerprint density at radius 2 is 1.96 bits per heavy atom. The van der Waals surface area contributed by atoms with Crippen molar-refractivity contribution in [2.45, 2.75) is 23.8 Å². The molecule has 0 aliphatic carbocycles.